The van der Waals surface area contributed by atoms with Gasteiger partial charge in [0.05, 0.1) is 27.8 Å². The maximum Gasteiger partial charge on any atom is 0.0971 e. The van der Waals surface area contributed by atoms with Crippen molar-refractivity contribution >= 4 is 86.7 Å². The summed E-state index contributed by atoms with van der Waals surface area (Å²) in [4.78, 5) is 9.54. The van der Waals surface area contributed by atoms with E-state index in [0.29, 0.717) is 0 Å². The molecule has 0 bridgehead atoms. The fourth-order valence-electron chi connectivity index (χ4n) is 10.3. The van der Waals surface area contributed by atoms with Crippen LogP contribution in [0, 0.1) is 0 Å². The van der Waals surface area contributed by atoms with Crippen LogP contribution in [0.2, 0.25) is 0 Å². The fourth-order valence-corrected chi connectivity index (χ4v) is 10.3. The quantitative estimate of drug-likeness (QED) is 0.167. The second-order valence-corrected chi connectivity index (χ2v) is 16.0. The lowest BCUT2D eigenvalue weighted by Crippen LogP contribution is -1.96. The zero-order valence-electron chi connectivity index (χ0n) is 33.0. The van der Waals surface area contributed by atoms with Gasteiger partial charge in [0.2, 0.25) is 0 Å². The molecule has 2 heterocycles. The number of hydrogen-bond acceptors (Lipinski definition) is 2. The fraction of sp³-hybridized carbons (Fsp3) is 0. The van der Waals surface area contributed by atoms with E-state index in [4.69, 9.17) is 9.97 Å². The minimum absolute atomic E-state index is 0.936. The first kappa shape index (κ1) is 33.8. The van der Waals surface area contributed by atoms with Crippen LogP contribution in [0.4, 0.5) is 0 Å². The van der Waals surface area contributed by atoms with Crippen molar-refractivity contribution < 1.29 is 0 Å². The minimum Gasteiger partial charge on any atom is -0.309 e. The van der Waals surface area contributed by atoms with E-state index in [1.807, 2.05) is 0 Å². The molecule has 0 aliphatic rings. The number of aromatic nitrogens is 3. The molecule has 13 aromatic rings. The summed E-state index contributed by atoms with van der Waals surface area (Å²) >= 11 is 0. The molecule has 3 heteroatoms. The molecule has 0 radical (unpaired) electrons. The molecule has 282 valence electrons. The number of para-hydroxylation sites is 2. The van der Waals surface area contributed by atoms with Gasteiger partial charge in [-0.15, -0.1) is 0 Å². The lowest BCUT2D eigenvalue weighted by Gasteiger charge is -2.17. The van der Waals surface area contributed by atoms with Gasteiger partial charge in [-0.3, -0.25) is 9.97 Å². The topological polar surface area (TPSA) is 30.7 Å². The molecule has 0 fully saturated rings. The third kappa shape index (κ3) is 4.98. The Morgan fingerprint density at radius 1 is 0.262 bits per heavy atom. The Bertz CT molecular complexity index is 3860. The maximum atomic E-state index is 4.79. The summed E-state index contributed by atoms with van der Waals surface area (Å²) in [5.74, 6) is 0. The predicted octanol–water partition coefficient (Wildman–Crippen LogP) is 15.5. The molecule has 3 nitrogen and oxygen atoms in total. The van der Waals surface area contributed by atoms with Gasteiger partial charge < -0.3 is 4.57 Å². The Morgan fingerprint density at radius 2 is 0.656 bits per heavy atom. The van der Waals surface area contributed by atoms with Crippen molar-refractivity contribution in [3.05, 3.63) is 213 Å². The molecule has 11 aromatic carbocycles. The van der Waals surface area contributed by atoms with Crippen LogP contribution < -0.4 is 0 Å². The van der Waals surface area contributed by atoms with Crippen LogP contribution in [-0.4, -0.2) is 14.5 Å². The Balaban J connectivity index is 0.976. The normalized spacial score (nSPS) is 11.9. The first-order chi connectivity index (χ1) is 30.3. The van der Waals surface area contributed by atoms with E-state index in [0.717, 1.165) is 21.8 Å². The number of fused-ring (bicyclic) bond motifs is 12. The highest BCUT2D eigenvalue weighted by Gasteiger charge is 2.18. The number of nitrogens with zero attached hydrogens (tertiary/aromatic N) is 3. The molecule has 61 heavy (non-hydrogen) atoms. The van der Waals surface area contributed by atoms with Gasteiger partial charge in [-0.05, 0) is 95.3 Å². The van der Waals surface area contributed by atoms with Crippen molar-refractivity contribution in [2.45, 2.75) is 0 Å². The molecule has 0 spiro atoms. The van der Waals surface area contributed by atoms with Crippen LogP contribution >= 0.6 is 0 Å². The van der Waals surface area contributed by atoms with Crippen LogP contribution in [0.5, 0.6) is 0 Å². The summed E-state index contributed by atoms with van der Waals surface area (Å²) in [6.07, 6.45) is 3.57. The van der Waals surface area contributed by atoms with Gasteiger partial charge in [-0.25, -0.2) is 0 Å². The Morgan fingerprint density at radius 3 is 1.21 bits per heavy atom. The Labute approximate surface area is 351 Å². The third-order valence-electron chi connectivity index (χ3n) is 12.9. The second-order valence-electron chi connectivity index (χ2n) is 16.0. The number of hydrogen-bond donors (Lipinski definition) is 0. The highest BCUT2D eigenvalue weighted by atomic mass is 15.0. The molecule has 0 saturated carbocycles. The maximum absolute atomic E-state index is 4.79. The summed E-state index contributed by atoms with van der Waals surface area (Å²) in [6, 6.07) is 73.5. The summed E-state index contributed by atoms with van der Waals surface area (Å²) < 4.78 is 2.43. The lowest BCUT2D eigenvalue weighted by molar-refractivity contribution is 1.20. The molecular formula is C58H35N3. The van der Waals surface area contributed by atoms with E-state index in [1.54, 1.807) is 12.4 Å². The van der Waals surface area contributed by atoms with E-state index in [2.05, 4.69) is 205 Å². The molecule has 0 N–H and O–H groups in total. The zero-order valence-corrected chi connectivity index (χ0v) is 33.0. The predicted molar refractivity (Wildman–Crippen MR) is 258 cm³/mol. The van der Waals surface area contributed by atoms with Crippen molar-refractivity contribution in [1.29, 1.82) is 0 Å². The van der Waals surface area contributed by atoms with Crippen LogP contribution in [-0.2, 0) is 0 Å². The second kappa shape index (κ2) is 13.2. The van der Waals surface area contributed by atoms with Crippen LogP contribution in [0.25, 0.3) is 126 Å². The molecule has 2 aromatic heterocycles. The average Bonchev–Trinajstić information content (AvgIpc) is 3.67. The largest absolute Gasteiger partial charge is 0.309 e. The van der Waals surface area contributed by atoms with Crippen LogP contribution in [0.1, 0.15) is 0 Å². The molecule has 0 aliphatic heterocycles. The molecular weight excluding hydrogens is 739 g/mol. The molecule has 0 atom stereocenters. The van der Waals surface area contributed by atoms with Crippen molar-refractivity contribution in [3.8, 4) is 39.1 Å². The highest BCUT2D eigenvalue weighted by Crippen LogP contribution is 2.43. The lowest BCUT2D eigenvalue weighted by atomic mass is 9.88. The van der Waals surface area contributed by atoms with Gasteiger partial charge in [0.1, 0.15) is 0 Å². The van der Waals surface area contributed by atoms with E-state index in [9.17, 15) is 0 Å². The van der Waals surface area contributed by atoms with E-state index in [-0.39, 0.29) is 0 Å². The first-order valence-corrected chi connectivity index (χ1v) is 20.9. The summed E-state index contributed by atoms with van der Waals surface area (Å²) in [5, 5.41) is 14.5. The van der Waals surface area contributed by atoms with Crippen LogP contribution in [0.15, 0.2) is 213 Å². The van der Waals surface area contributed by atoms with E-state index < -0.39 is 0 Å². The smallest absolute Gasteiger partial charge is 0.0971 e. The van der Waals surface area contributed by atoms with Gasteiger partial charge in [0.15, 0.2) is 0 Å². The van der Waals surface area contributed by atoms with E-state index in [1.165, 1.54) is 104 Å². The molecule has 0 saturated heterocycles. The molecule has 0 aliphatic carbocycles. The number of rotatable bonds is 4. The van der Waals surface area contributed by atoms with Gasteiger partial charge in [-0.2, -0.15) is 0 Å². The van der Waals surface area contributed by atoms with E-state index >= 15 is 0 Å². The van der Waals surface area contributed by atoms with Gasteiger partial charge in [0.25, 0.3) is 0 Å². The van der Waals surface area contributed by atoms with Gasteiger partial charge >= 0.3 is 0 Å². The standard InChI is InChI=1S/C58H35N3/c1-2-16-51-47(13-1)53-35-36(31-32-52(53)58-57(51)59-33-34-60-58)37-17-7-19-39-38(37)18-8-20-40(39)41-21-9-23-43-42(41)22-10-24-44(43)45-25-11-27-48-46(45)26-12-30-56(48)61-54-28-5-3-14-49(54)50-15-4-6-29-55(50)61/h1-35H. The first-order valence-electron chi connectivity index (χ1n) is 20.9. The summed E-state index contributed by atoms with van der Waals surface area (Å²) in [7, 11) is 0. The monoisotopic (exact) mass is 773 g/mol. The molecule has 0 unspecified atom stereocenters. The summed E-state index contributed by atoms with van der Waals surface area (Å²) in [5.41, 5.74) is 12.8. The zero-order chi connectivity index (χ0) is 40.0. The molecule has 0 amide bonds. The van der Waals surface area contributed by atoms with Crippen molar-refractivity contribution in [3.63, 3.8) is 0 Å². The van der Waals surface area contributed by atoms with Crippen molar-refractivity contribution in [2.24, 2.45) is 0 Å². The Kier molecular flexibility index (Phi) is 7.31. The van der Waals surface area contributed by atoms with Crippen molar-refractivity contribution in [2.75, 3.05) is 0 Å². The van der Waals surface area contributed by atoms with Gasteiger partial charge in [0, 0.05) is 39.3 Å². The van der Waals surface area contributed by atoms with Crippen molar-refractivity contribution in [1.82, 2.24) is 14.5 Å². The average molecular weight is 774 g/mol. The minimum atomic E-state index is 0.936. The number of benzene rings is 11. The molecule has 13 rings (SSSR count). The Hall–Kier alpha value is -8.14. The highest BCUT2D eigenvalue weighted by molar-refractivity contribution is 6.24. The summed E-state index contributed by atoms with van der Waals surface area (Å²) in [6.45, 7) is 0. The third-order valence-corrected chi connectivity index (χ3v) is 12.9. The van der Waals surface area contributed by atoms with Gasteiger partial charge in [-0.1, -0.05) is 176 Å². The SMILES string of the molecule is c1cc(-c2cccc3c(-c4cccc5c(-n6c7ccccc7c7ccccc76)cccc45)cccc23)c2cccc(-c3ccc4c(c3)c3ccccc3c3nccnc43)c2c1. The van der Waals surface area contributed by atoms with Crippen LogP contribution in [0.3, 0.4) is 0 Å².